The molecule has 3 rings (SSSR count). The Morgan fingerprint density at radius 2 is 1.96 bits per heavy atom. The lowest BCUT2D eigenvalue weighted by Gasteiger charge is -2.30. The van der Waals surface area contributed by atoms with Crippen LogP contribution in [0.25, 0.3) is 0 Å². The Labute approximate surface area is 143 Å². The lowest BCUT2D eigenvalue weighted by atomic mass is 9.81. The largest absolute Gasteiger partial charge is 0.382 e. The lowest BCUT2D eigenvalue weighted by molar-refractivity contribution is -0.00577. The number of nitrogens with two attached hydrogens (primary N) is 1. The molecule has 2 aliphatic heterocycles. The Balaban J connectivity index is 1.78. The maximum absolute atomic E-state index is 11.5. The van der Waals surface area contributed by atoms with Crippen molar-refractivity contribution in [1.29, 1.82) is 0 Å². The first-order valence-electron chi connectivity index (χ1n) is 8.48. The van der Waals surface area contributed by atoms with Gasteiger partial charge in [-0.15, -0.1) is 0 Å². The smallest absolute Gasteiger partial charge is 0.211 e. The van der Waals surface area contributed by atoms with Gasteiger partial charge in [0.2, 0.25) is 10.0 Å². The summed E-state index contributed by atoms with van der Waals surface area (Å²) in [4.78, 5) is 2.33. The highest BCUT2D eigenvalue weighted by Crippen LogP contribution is 2.39. The van der Waals surface area contributed by atoms with Crippen LogP contribution < -0.4 is 10.0 Å². The summed E-state index contributed by atoms with van der Waals surface area (Å²) in [6, 6.07) is 7.90. The Hall–Kier alpha value is -1.15. The highest BCUT2D eigenvalue weighted by molar-refractivity contribution is 7.89. The summed E-state index contributed by atoms with van der Waals surface area (Å²) >= 11 is 0. The van der Waals surface area contributed by atoms with Gasteiger partial charge in [-0.3, -0.25) is 0 Å². The van der Waals surface area contributed by atoms with Crippen LogP contribution in [0.15, 0.2) is 24.3 Å². The molecule has 2 aliphatic rings. The highest BCUT2D eigenvalue weighted by atomic mass is 32.2. The zero-order chi connectivity index (χ0) is 17.4. The van der Waals surface area contributed by atoms with Gasteiger partial charge in [-0.25, -0.2) is 13.6 Å². The Bertz CT molecular complexity index is 670. The van der Waals surface area contributed by atoms with Gasteiger partial charge in [0.25, 0.3) is 0 Å². The van der Waals surface area contributed by atoms with Crippen LogP contribution in [0.2, 0.25) is 0 Å². The van der Waals surface area contributed by atoms with Crippen molar-refractivity contribution in [3.8, 4) is 0 Å². The molecule has 0 saturated carbocycles. The number of primary sulfonamides is 1. The fraction of sp³-hybridized carbons (Fsp3) is 0.647. The van der Waals surface area contributed by atoms with E-state index < -0.39 is 20.9 Å². The molecule has 0 aromatic heterocycles. The number of hydrogen-bond acceptors (Lipinski definition) is 5. The van der Waals surface area contributed by atoms with E-state index in [1.165, 1.54) is 12.8 Å². The normalized spacial score (nSPS) is 29.1. The Morgan fingerprint density at radius 1 is 1.33 bits per heavy atom. The van der Waals surface area contributed by atoms with Gasteiger partial charge in [-0.2, -0.15) is 0 Å². The van der Waals surface area contributed by atoms with E-state index in [4.69, 9.17) is 9.88 Å². The van der Waals surface area contributed by atoms with Crippen LogP contribution in [-0.2, 0) is 20.4 Å². The maximum atomic E-state index is 11.5. The summed E-state index contributed by atoms with van der Waals surface area (Å²) < 4.78 is 28.5. The molecule has 3 unspecified atom stereocenters. The first-order chi connectivity index (χ1) is 11.3. The van der Waals surface area contributed by atoms with E-state index in [-0.39, 0.29) is 18.9 Å². The topological polar surface area (TPSA) is 92.9 Å². The SMILES string of the molecule is CC(CC1COCC1(O)c1ccc(N2CCCC2)cc1)S(N)(=O)=O. The van der Waals surface area contributed by atoms with Crippen LogP contribution >= 0.6 is 0 Å². The molecule has 1 aromatic carbocycles. The molecule has 0 spiro atoms. The van der Waals surface area contributed by atoms with Crippen LogP contribution in [0.1, 0.15) is 31.7 Å². The van der Waals surface area contributed by atoms with Crippen molar-refractivity contribution in [2.24, 2.45) is 11.1 Å². The van der Waals surface area contributed by atoms with Crippen LogP contribution in [0.4, 0.5) is 5.69 Å². The van der Waals surface area contributed by atoms with Gasteiger partial charge in [0.15, 0.2) is 0 Å². The molecule has 0 aliphatic carbocycles. The van der Waals surface area contributed by atoms with E-state index in [0.717, 1.165) is 24.3 Å². The molecule has 2 heterocycles. The first kappa shape index (κ1) is 17.7. The number of hydrogen-bond donors (Lipinski definition) is 2. The number of aliphatic hydroxyl groups is 1. The molecule has 0 amide bonds. The van der Waals surface area contributed by atoms with Gasteiger partial charge in [0.1, 0.15) is 5.60 Å². The standard InChI is InChI=1S/C17H26N2O4S/c1-13(24(18,21)22)10-15-11-23-12-17(15,20)14-4-6-16(7-5-14)19-8-2-3-9-19/h4-7,13,15,20H,2-3,8-12H2,1H3,(H2,18,21,22). The molecule has 3 N–H and O–H groups in total. The maximum Gasteiger partial charge on any atom is 0.211 e. The lowest BCUT2D eigenvalue weighted by Crippen LogP contribution is -2.38. The van der Waals surface area contributed by atoms with Crippen molar-refractivity contribution in [1.82, 2.24) is 0 Å². The molecule has 2 saturated heterocycles. The van der Waals surface area contributed by atoms with E-state index in [0.29, 0.717) is 6.61 Å². The number of nitrogens with zero attached hydrogens (tertiary/aromatic N) is 1. The van der Waals surface area contributed by atoms with Gasteiger partial charge in [0.05, 0.1) is 18.5 Å². The molecular formula is C17H26N2O4S. The summed E-state index contributed by atoms with van der Waals surface area (Å²) in [6.07, 6.45) is 2.71. The Kier molecular flexibility index (Phi) is 4.88. The van der Waals surface area contributed by atoms with Gasteiger partial charge < -0.3 is 14.7 Å². The fourth-order valence-electron chi connectivity index (χ4n) is 3.67. The Morgan fingerprint density at radius 3 is 2.54 bits per heavy atom. The van der Waals surface area contributed by atoms with E-state index >= 15 is 0 Å². The van der Waals surface area contributed by atoms with Gasteiger partial charge >= 0.3 is 0 Å². The first-order valence-corrected chi connectivity index (χ1v) is 10.1. The quantitative estimate of drug-likeness (QED) is 0.828. The van der Waals surface area contributed by atoms with Crippen molar-refractivity contribution < 1.29 is 18.3 Å². The average molecular weight is 354 g/mol. The third kappa shape index (κ3) is 3.44. The zero-order valence-electron chi connectivity index (χ0n) is 14.0. The van der Waals surface area contributed by atoms with Crippen LogP contribution in [0.5, 0.6) is 0 Å². The van der Waals surface area contributed by atoms with Gasteiger partial charge in [-0.1, -0.05) is 12.1 Å². The third-order valence-corrected chi connectivity index (χ3v) is 6.65. The zero-order valence-corrected chi connectivity index (χ0v) is 14.8. The van der Waals surface area contributed by atoms with E-state index in [1.807, 2.05) is 24.3 Å². The second-order valence-electron chi connectivity index (χ2n) is 7.01. The van der Waals surface area contributed by atoms with E-state index in [9.17, 15) is 13.5 Å². The molecule has 3 atom stereocenters. The predicted octanol–water partition coefficient (Wildman–Crippen LogP) is 1.19. The molecule has 7 heteroatoms. The number of rotatable bonds is 5. The number of sulfonamides is 1. The van der Waals surface area contributed by atoms with E-state index in [1.54, 1.807) is 6.92 Å². The minimum atomic E-state index is -3.61. The minimum Gasteiger partial charge on any atom is -0.382 e. The molecule has 0 radical (unpaired) electrons. The molecule has 134 valence electrons. The van der Waals surface area contributed by atoms with Crippen LogP contribution in [-0.4, -0.2) is 45.1 Å². The van der Waals surface area contributed by atoms with Gasteiger partial charge in [0, 0.05) is 24.7 Å². The summed E-state index contributed by atoms with van der Waals surface area (Å²) in [6.45, 7) is 4.23. The molecule has 24 heavy (non-hydrogen) atoms. The van der Waals surface area contributed by atoms with Crippen molar-refractivity contribution in [2.45, 2.75) is 37.0 Å². The molecule has 1 aromatic rings. The molecule has 6 nitrogen and oxygen atoms in total. The highest BCUT2D eigenvalue weighted by Gasteiger charge is 2.45. The number of anilines is 1. The monoisotopic (exact) mass is 354 g/mol. The van der Waals surface area contributed by atoms with E-state index in [2.05, 4.69) is 4.90 Å². The molecule has 2 fully saturated rings. The van der Waals surface area contributed by atoms with Crippen LogP contribution in [0.3, 0.4) is 0 Å². The third-order valence-electron chi connectivity index (χ3n) is 5.33. The number of benzene rings is 1. The predicted molar refractivity (Wildman–Crippen MR) is 93.3 cm³/mol. The van der Waals surface area contributed by atoms with Gasteiger partial charge in [-0.05, 0) is 43.9 Å². The summed E-state index contributed by atoms with van der Waals surface area (Å²) in [5, 5.41) is 15.6. The molecule has 0 bridgehead atoms. The second kappa shape index (κ2) is 6.63. The minimum absolute atomic E-state index is 0.179. The van der Waals surface area contributed by atoms with Crippen molar-refractivity contribution in [3.05, 3.63) is 29.8 Å². The molecular weight excluding hydrogens is 328 g/mol. The fourth-order valence-corrected chi connectivity index (χ4v) is 4.17. The summed E-state index contributed by atoms with van der Waals surface area (Å²) in [5.74, 6) is -0.288. The van der Waals surface area contributed by atoms with Crippen molar-refractivity contribution >= 4 is 15.7 Å². The summed E-state index contributed by atoms with van der Waals surface area (Å²) in [7, 11) is -3.61. The number of ether oxygens (including phenoxy) is 1. The average Bonchev–Trinajstić information content (AvgIpc) is 3.18. The second-order valence-corrected chi connectivity index (χ2v) is 9.00. The van der Waals surface area contributed by atoms with Crippen molar-refractivity contribution in [3.63, 3.8) is 0 Å². The van der Waals surface area contributed by atoms with Crippen LogP contribution in [0, 0.1) is 5.92 Å². The summed E-state index contributed by atoms with van der Waals surface area (Å²) in [5.41, 5.74) is 0.769. The van der Waals surface area contributed by atoms with Crippen molar-refractivity contribution in [2.75, 3.05) is 31.2 Å².